The van der Waals surface area contributed by atoms with Crippen molar-refractivity contribution in [1.82, 2.24) is 0 Å². The summed E-state index contributed by atoms with van der Waals surface area (Å²) >= 11 is 0. The van der Waals surface area contributed by atoms with Crippen LogP contribution in [0.2, 0.25) is 0 Å². The van der Waals surface area contributed by atoms with Gasteiger partial charge in [-0.05, 0) is 41.0 Å². The lowest BCUT2D eigenvalue weighted by molar-refractivity contribution is 0.475. The van der Waals surface area contributed by atoms with E-state index in [0.717, 1.165) is 16.7 Å². The molecule has 0 heterocycles. The number of aromatic hydroxyl groups is 1. The first-order chi connectivity index (χ1) is 11.2. The summed E-state index contributed by atoms with van der Waals surface area (Å²) in [7, 11) is -2.16. The molecule has 0 radical (unpaired) electrons. The van der Waals surface area contributed by atoms with Gasteiger partial charge in [-0.25, -0.2) is 0 Å². The summed E-state index contributed by atoms with van der Waals surface area (Å²) in [4.78, 5) is 0. The molecule has 3 aromatic carbocycles. The second kappa shape index (κ2) is 7.17. The molecule has 1 unspecified atom stereocenters. The summed E-state index contributed by atoms with van der Waals surface area (Å²) in [6.45, 7) is 0. The zero-order chi connectivity index (χ0) is 16.1. The quantitative estimate of drug-likeness (QED) is 0.663. The van der Waals surface area contributed by atoms with Crippen molar-refractivity contribution in [3.63, 3.8) is 0 Å². The first-order valence-electron chi connectivity index (χ1n) is 7.35. The van der Waals surface area contributed by atoms with Gasteiger partial charge in [-0.15, -0.1) is 0 Å². The van der Waals surface area contributed by atoms with Crippen molar-refractivity contribution < 1.29 is 14.2 Å². The van der Waals surface area contributed by atoms with E-state index in [4.69, 9.17) is 4.52 Å². The second-order valence-electron chi connectivity index (χ2n) is 5.21. The Bertz CT molecular complexity index is 781. The van der Waals surface area contributed by atoms with Gasteiger partial charge in [-0.3, -0.25) is 4.57 Å². The molecule has 0 aliphatic carbocycles. The third kappa shape index (κ3) is 4.24. The predicted molar refractivity (Wildman–Crippen MR) is 93.3 cm³/mol. The van der Waals surface area contributed by atoms with E-state index < -0.39 is 8.03 Å². The molecule has 0 amide bonds. The van der Waals surface area contributed by atoms with Gasteiger partial charge in [0.1, 0.15) is 11.5 Å². The van der Waals surface area contributed by atoms with Gasteiger partial charge in [-0.2, -0.15) is 0 Å². The monoisotopic (exact) mass is 324 g/mol. The maximum atomic E-state index is 12.1. The van der Waals surface area contributed by atoms with E-state index in [9.17, 15) is 9.67 Å². The van der Waals surface area contributed by atoms with Gasteiger partial charge in [0.05, 0.1) is 6.16 Å². The van der Waals surface area contributed by atoms with Gasteiger partial charge in [0, 0.05) is 0 Å². The standard InChI is InChI=1S/C19H17O3P/c20-18-10-6-16(7-11-18)17-8-12-19(13-9-17)22-23(21)14-15-4-2-1-3-5-15/h1-13,20,23H,14H2. The van der Waals surface area contributed by atoms with Crippen LogP contribution in [0.1, 0.15) is 5.56 Å². The van der Waals surface area contributed by atoms with Crippen LogP contribution in [0.25, 0.3) is 11.1 Å². The van der Waals surface area contributed by atoms with Gasteiger partial charge in [-0.1, -0.05) is 54.6 Å². The Kier molecular flexibility index (Phi) is 4.80. The maximum absolute atomic E-state index is 12.1. The first kappa shape index (κ1) is 15.4. The number of benzene rings is 3. The molecule has 3 nitrogen and oxygen atoms in total. The van der Waals surface area contributed by atoms with E-state index in [1.165, 1.54) is 0 Å². The zero-order valence-electron chi connectivity index (χ0n) is 12.5. The fraction of sp³-hybridized carbons (Fsp3) is 0.0526. The lowest BCUT2D eigenvalue weighted by Crippen LogP contribution is -1.86. The molecule has 4 heteroatoms. The van der Waals surface area contributed by atoms with Crippen LogP contribution in [0, 0.1) is 0 Å². The highest BCUT2D eigenvalue weighted by Crippen LogP contribution is 2.32. The smallest absolute Gasteiger partial charge is 0.240 e. The van der Waals surface area contributed by atoms with Gasteiger partial charge in [0.15, 0.2) is 0 Å². The zero-order valence-corrected chi connectivity index (χ0v) is 13.5. The van der Waals surface area contributed by atoms with Gasteiger partial charge in [0.25, 0.3) is 0 Å². The third-order valence-electron chi connectivity index (χ3n) is 3.48. The highest BCUT2D eigenvalue weighted by Gasteiger charge is 2.04. The topological polar surface area (TPSA) is 46.5 Å². The summed E-state index contributed by atoms with van der Waals surface area (Å²) in [5, 5.41) is 9.32. The highest BCUT2D eigenvalue weighted by atomic mass is 31.1. The van der Waals surface area contributed by atoms with Crippen molar-refractivity contribution in [1.29, 1.82) is 0 Å². The fourth-order valence-electron chi connectivity index (χ4n) is 2.30. The normalized spacial score (nSPS) is 11.8. The lowest BCUT2D eigenvalue weighted by atomic mass is 10.1. The lowest BCUT2D eigenvalue weighted by Gasteiger charge is -2.08. The maximum Gasteiger partial charge on any atom is 0.240 e. The minimum Gasteiger partial charge on any atom is -0.508 e. The molecule has 0 aromatic heterocycles. The number of hydrogen-bond acceptors (Lipinski definition) is 3. The van der Waals surface area contributed by atoms with Crippen LogP contribution in [0.5, 0.6) is 11.5 Å². The number of phenols is 1. The average Bonchev–Trinajstić information content (AvgIpc) is 2.57. The molecule has 0 spiro atoms. The number of phenolic OH excluding ortho intramolecular Hbond substituents is 1. The Morgan fingerprint density at radius 3 is 1.96 bits per heavy atom. The molecule has 0 bridgehead atoms. The molecule has 116 valence electrons. The molecule has 23 heavy (non-hydrogen) atoms. The molecule has 1 atom stereocenters. The molecule has 0 aliphatic rings. The second-order valence-corrected chi connectivity index (χ2v) is 6.51. The number of hydrogen-bond donors (Lipinski definition) is 1. The number of rotatable bonds is 5. The molecule has 0 aliphatic heterocycles. The molecule has 3 rings (SSSR count). The van der Waals surface area contributed by atoms with Gasteiger partial charge in [0.2, 0.25) is 8.03 Å². The van der Waals surface area contributed by atoms with Crippen molar-refractivity contribution in [2.75, 3.05) is 0 Å². The average molecular weight is 324 g/mol. The van der Waals surface area contributed by atoms with Crippen LogP contribution in [0.15, 0.2) is 78.9 Å². The van der Waals surface area contributed by atoms with Crippen LogP contribution < -0.4 is 4.52 Å². The Balaban J connectivity index is 1.65. The van der Waals surface area contributed by atoms with E-state index in [1.807, 2.05) is 66.7 Å². The minimum absolute atomic E-state index is 0.244. The highest BCUT2D eigenvalue weighted by molar-refractivity contribution is 7.38. The molecular formula is C19H17O3P. The summed E-state index contributed by atoms with van der Waals surface area (Å²) in [5.74, 6) is 0.848. The Hall–Kier alpha value is -2.51. The van der Waals surface area contributed by atoms with Crippen molar-refractivity contribution in [2.24, 2.45) is 0 Å². The van der Waals surface area contributed by atoms with Crippen LogP contribution in [0.4, 0.5) is 0 Å². The molecule has 1 N–H and O–H groups in total. The summed E-state index contributed by atoms with van der Waals surface area (Å²) in [5.41, 5.74) is 3.03. The fourth-order valence-corrected chi connectivity index (χ4v) is 3.34. The summed E-state index contributed by atoms with van der Waals surface area (Å²) in [6, 6.07) is 24.1. The van der Waals surface area contributed by atoms with E-state index in [1.54, 1.807) is 12.1 Å². The molecule has 0 saturated heterocycles. The molecule has 0 saturated carbocycles. The van der Waals surface area contributed by atoms with Crippen LogP contribution in [0.3, 0.4) is 0 Å². The summed E-state index contributed by atoms with van der Waals surface area (Å²) < 4.78 is 17.6. The van der Waals surface area contributed by atoms with Gasteiger partial charge >= 0.3 is 0 Å². The van der Waals surface area contributed by atoms with Crippen molar-refractivity contribution in [3.8, 4) is 22.6 Å². The van der Waals surface area contributed by atoms with E-state index >= 15 is 0 Å². The SMILES string of the molecule is O=[PH](Cc1ccccc1)Oc1ccc(-c2ccc(O)cc2)cc1. The van der Waals surface area contributed by atoms with E-state index in [2.05, 4.69) is 0 Å². The van der Waals surface area contributed by atoms with Crippen molar-refractivity contribution >= 4 is 8.03 Å². The van der Waals surface area contributed by atoms with E-state index in [0.29, 0.717) is 11.9 Å². The first-order valence-corrected chi connectivity index (χ1v) is 8.87. The third-order valence-corrected chi connectivity index (χ3v) is 4.64. The van der Waals surface area contributed by atoms with Crippen molar-refractivity contribution in [3.05, 3.63) is 84.4 Å². The predicted octanol–water partition coefficient (Wildman–Crippen LogP) is 5.11. The van der Waals surface area contributed by atoms with E-state index in [-0.39, 0.29) is 5.75 Å². The van der Waals surface area contributed by atoms with Crippen molar-refractivity contribution in [2.45, 2.75) is 6.16 Å². The molecular weight excluding hydrogens is 307 g/mol. The largest absolute Gasteiger partial charge is 0.508 e. The van der Waals surface area contributed by atoms with Crippen LogP contribution in [-0.2, 0) is 10.7 Å². The van der Waals surface area contributed by atoms with Crippen LogP contribution in [-0.4, -0.2) is 5.11 Å². The Labute approximate surface area is 136 Å². The van der Waals surface area contributed by atoms with Crippen LogP contribution >= 0.6 is 8.03 Å². The molecule has 3 aromatic rings. The molecule has 0 fully saturated rings. The van der Waals surface area contributed by atoms with Gasteiger partial charge < -0.3 is 9.63 Å². The summed E-state index contributed by atoms with van der Waals surface area (Å²) in [6.07, 6.45) is 0.436. The Morgan fingerprint density at radius 1 is 0.783 bits per heavy atom. The Morgan fingerprint density at radius 2 is 1.35 bits per heavy atom. The minimum atomic E-state index is -2.16.